The lowest BCUT2D eigenvalue weighted by Gasteiger charge is -2.37. The SMILES string of the molecule is CC(C)[C@H](NC1CCC2(CC1)OCCO2)c1nc(C2CC2)no1. The van der Waals surface area contributed by atoms with Gasteiger partial charge in [-0.1, -0.05) is 19.0 Å². The minimum atomic E-state index is -0.296. The number of rotatable bonds is 5. The fraction of sp³-hybridized carbons (Fsp3) is 0.882. The third kappa shape index (κ3) is 3.30. The molecule has 0 aromatic carbocycles. The standard InChI is InChI=1S/C17H27N3O3/c1-11(2)14(16-19-15(20-23-16)12-3-4-12)18-13-5-7-17(8-6-13)21-9-10-22-17/h11-14,18H,3-10H2,1-2H3/t14-/m0/s1. The van der Waals surface area contributed by atoms with Crippen molar-refractivity contribution in [3.8, 4) is 0 Å². The molecule has 1 N–H and O–H groups in total. The van der Waals surface area contributed by atoms with Gasteiger partial charge < -0.3 is 19.3 Å². The van der Waals surface area contributed by atoms with Gasteiger partial charge in [0.15, 0.2) is 11.6 Å². The van der Waals surface area contributed by atoms with E-state index in [2.05, 4.69) is 29.3 Å². The van der Waals surface area contributed by atoms with Crippen molar-refractivity contribution in [1.29, 1.82) is 0 Å². The Hall–Kier alpha value is -0.980. The van der Waals surface area contributed by atoms with Crippen molar-refractivity contribution in [2.75, 3.05) is 13.2 Å². The Morgan fingerprint density at radius 1 is 1.09 bits per heavy atom. The second-order valence-electron chi connectivity index (χ2n) is 7.54. The fourth-order valence-corrected chi connectivity index (χ4v) is 3.69. The van der Waals surface area contributed by atoms with Gasteiger partial charge in [0.25, 0.3) is 0 Å². The summed E-state index contributed by atoms with van der Waals surface area (Å²) < 4.78 is 17.2. The maximum absolute atomic E-state index is 5.81. The van der Waals surface area contributed by atoms with Gasteiger partial charge in [0.05, 0.1) is 19.3 Å². The summed E-state index contributed by atoms with van der Waals surface area (Å²) in [5, 5.41) is 7.91. The van der Waals surface area contributed by atoms with Crippen LogP contribution in [-0.4, -0.2) is 35.2 Å². The van der Waals surface area contributed by atoms with Gasteiger partial charge >= 0.3 is 0 Å². The van der Waals surface area contributed by atoms with Gasteiger partial charge in [0, 0.05) is 24.8 Å². The molecule has 2 saturated carbocycles. The van der Waals surface area contributed by atoms with Gasteiger partial charge in [0.1, 0.15) is 0 Å². The van der Waals surface area contributed by atoms with E-state index in [1.54, 1.807) is 0 Å². The van der Waals surface area contributed by atoms with Gasteiger partial charge in [-0.15, -0.1) is 0 Å². The Morgan fingerprint density at radius 2 is 1.78 bits per heavy atom. The molecule has 1 spiro atoms. The van der Waals surface area contributed by atoms with Crippen molar-refractivity contribution >= 4 is 0 Å². The highest BCUT2D eigenvalue weighted by Gasteiger charge is 2.41. The Kier molecular flexibility index (Phi) is 4.15. The van der Waals surface area contributed by atoms with E-state index < -0.39 is 0 Å². The number of aromatic nitrogens is 2. The first kappa shape index (κ1) is 15.5. The minimum Gasteiger partial charge on any atom is -0.348 e. The fourth-order valence-electron chi connectivity index (χ4n) is 3.69. The van der Waals surface area contributed by atoms with Crippen LogP contribution in [0.1, 0.15) is 76.0 Å². The molecule has 3 aliphatic rings. The summed E-state index contributed by atoms with van der Waals surface area (Å²) in [7, 11) is 0. The van der Waals surface area contributed by atoms with Crippen LogP contribution in [0.5, 0.6) is 0 Å². The highest BCUT2D eigenvalue weighted by atomic mass is 16.7. The molecule has 1 aromatic rings. The molecule has 1 atom stereocenters. The Morgan fingerprint density at radius 3 is 2.39 bits per heavy atom. The number of nitrogens with one attached hydrogen (secondary N) is 1. The van der Waals surface area contributed by atoms with Crippen molar-refractivity contribution in [2.24, 2.45) is 5.92 Å². The van der Waals surface area contributed by atoms with Crippen molar-refractivity contribution in [2.45, 2.75) is 76.2 Å². The zero-order valence-corrected chi connectivity index (χ0v) is 14.1. The normalized spacial score (nSPS) is 26.2. The molecule has 1 saturated heterocycles. The first-order chi connectivity index (χ1) is 11.2. The van der Waals surface area contributed by atoms with E-state index in [0.29, 0.717) is 17.9 Å². The van der Waals surface area contributed by atoms with Crippen LogP contribution in [0.4, 0.5) is 0 Å². The summed E-state index contributed by atoms with van der Waals surface area (Å²) in [5.41, 5.74) is 0. The van der Waals surface area contributed by atoms with Crippen LogP contribution < -0.4 is 5.32 Å². The van der Waals surface area contributed by atoms with Crippen LogP contribution in [-0.2, 0) is 9.47 Å². The van der Waals surface area contributed by atoms with Crippen LogP contribution in [0.2, 0.25) is 0 Å². The molecule has 4 rings (SSSR count). The second-order valence-corrected chi connectivity index (χ2v) is 7.54. The molecule has 0 unspecified atom stereocenters. The van der Waals surface area contributed by atoms with Gasteiger partial charge in [-0.25, -0.2) is 0 Å². The molecule has 2 heterocycles. The van der Waals surface area contributed by atoms with Crippen molar-refractivity contribution in [1.82, 2.24) is 15.5 Å². The van der Waals surface area contributed by atoms with Crippen LogP contribution >= 0.6 is 0 Å². The minimum absolute atomic E-state index is 0.125. The molecule has 1 aromatic heterocycles. The van der Waals surface area contributed by atoms with Gasteiger partial charge in [0.2, 0.25) is 5.89 Å². The molecule has 6 nitrogen and oxygen atoms in total. The molecular weight excluding hydrogens is 294 g/mol. The lowest BCUT2D eigenvalue weighted by molar-refractivity contribution is -0.180. The smallest absolute Gasteiger partial charge is 0.244 e. The molecule has 0 bridgehead atoms. The maximum Gasteiger partial charge on any atom is 0.244 e. The summed E-state index contributed by atoms with van der Waals surface area (Å²) in [6.45, 7) is 5.87. The summed E-state index contributed by atoms with van der Waals surface area (Å²) in [4.78, 5) is 4.64. The van der Waals surface area contributed by atoms with Gasteiger partial charge in [-0.2, -0.15) is 4.98 Å². The molecule has 0 radical (unpaired) electrons. The lowest BCUT2D eigenvalue weighted by atomic mass is 9.88. The van der Waals surface area contributed by atoms with Gasteiger partial charge in [-0.3, -0.25) is 0 Å². The lowest BCUT2D eigenvalue weighted by Crippen LogP contribution is -2.44. The Labute approximate surface area is 137 Å². The van der Waals surface area contributed by atoms with E-state index in [0.717, 1.165) is 50.6 Å². The van der Waals surface area contributed by atoms with E-state index >= 15 is 0 Å². The highest BCUT2D eigenvalue weighted by molar-refractivity contribution is 5.05. The molecule has 128 valence electrons. The third-order valence-electron chi connectivity index (χ3n) is 5.31. The zero-order valence-electron chi connectivity index (χ0n) is 14.1. The number of nitrogens with zero attached hydrogens (tertiary/aromatic N) is 2. The Bertz CT molecular complexity index is 525. The molecule has 2 aliphatic carbocycles. The highest BCUT2D eigenvalue weighted by Crippen LogP contribution is 2.39. The van der Waals surface area contributed by atoms with Gasteiger partial charge in [-0.05, 0) is 31.6 Å². The van der Waals surface area contributed by atoms with Crippen molar-refractivity contribution in [3.63, 3.8) is 0 Å². The topological polar surface area (TPSA) is 69.4 Å². The van der Waals surface area contributed by atoms with E-state index in [9.17, 15) is 0 Å². The largest absolute Gasteiger partial charge is 0.348 e. The van der Waals surface area contributed by atoms with E-state index in [4.69, 9.17) is 14.0 Å². The predicted molar refractivity (Wildman–Crippen MR) is 83.9 cm³/mol. The average molecular weight is 321 g/mol. The van der Waals surface area contributed by atoms with E-state index in [-0.39, 0.29) is 11.8 Å². The average Bonchev–Trinajstić information content (AvgIpc) is 3.11. The quantitative estimate of drug-likeness (QED) is 0.899. The van der Waals surface area contributed by atoms with E-state index in [1.165, 1.54) is 12.8 Å². The molecule has 6 heteroatoms. The molecular formula is C17H27N3O3. The van der Waals surface area contributed by atoms with Crippen LogP contribution in [0.3, 0.4) is 0 Å². The van der Waals surface area contributed by atoms with Crippen LogP contribution in [0, 0.1) is 5.92 Å². The molecule has 3 fully saturated rings. The van der Waals surface area contributed by atoms with Crippen LogP contribution in [0.25, 0.3) is 0 Å². The molecule has 0 amide bonds. The van der Waals surface area contributed by atoms with Crippen molar-refractivity contribution < 1.29 is 14.0 Å². The molecule has 1 aliphatic heterocycles. The number of ether oxygens (including phenoxy) is 2. The monoisotopic (exact) mass is 321 g/mol. The summed E-state index contributed by atoms with van der Waals surface area (Å²) in [6.07, 6.45) is 6.45. The summed E-state index contributed by atoms with van der Waals surface area (Å²) >= 11 is 0. The zero-order chi connectivity index (χ0) is 15.9. The number of hydrogen-bond acceptors (Lipinski definition) is 6. The first-order valence-corrected chi connectivity index (χ1v) is 9.03. The number of hydrogen-bond donors (Lipinski definition) is 1. The van der Waals surface area contributed by atoms with E-state index in [1.807, 2.05) is 0 Å². The summed E-state index contributed by atoms with van der Waals surface area (Å²) in [5.74, 6) is 2.29. The third-order valence-corrected chi connectivity index (χ3v) is 5.31. The predicted octanol–water partition coefficient (Wildman–Crippen LogP) is 2.92. The summed E-state index contributed by atoms with van der Waals surface area (Å²) in [6, 6.07) is 0.580. The first-order valence-electron chi connectivity index (χ1n) is 9.03. The van der Waals surface area contributed by atoms with Crippen LogP contribution in [0.15, 0.2) is 4.52 Å². The van der Waals surface area contributed by atoms with Crippen molar-refractivity contribution in [3.05, 3.63) is 11.7 Å². The molecule has 23 heavy (non-hydrogen) atoms. The maximum atomic E-state index is 5.81. The second kappa shape index (κ2) is 6.15. The Balaban J connectivity index is 1.38.